The number of carboxylic acids is 1. The van der Waals surface area contributed by atoms with Gasteiger partial charge in [0.25, 0.3) is 0 Å². The van der Waals surface area contributed by atoms with E-state index in [0.717, 1.165) is 56.9 Å². The van der Waals surface area contributed by atoms with Crippen LogP contribution in [0.3, 0.4) is 0 Å². The van der Waals surface area contributed by atoms with Crippen LogP contribution in [-0.2, 0) is 9.53 Å². The van der Waals surface area contributed by atoms with Gasteiger partial charge in [-0.2, -0.15) is 0 Å². The molecule has 5 heteroatoms. The molecule has 0 spiro atoms. The van der Waals surface area contributed by atoms with Gasteiger partial charge >= 0.3 is 0 Å². The fraction of sp³-hybridized carbons (Fsp3) is 0.806. The van der Waals surface area contributed by atoms with Crippen molar-refractivity contribution in [2.75, 3.05) is 0 Å². The second kappa shape index (κ2) is 16.4. The molecule has 41 heavy (non-hydrogen) atoms. The van der Waals surface area contributed by atoms with Crippen LogP contribution in [-0.4, -0.2) is 39.1 Å². The molecule has 1 aliphatic heterocycles. The molecular formula is C36H61O5-. The summed E-state index contributed by atoms with van der Waals surface area (Å²) in [6.07, 6.45) is 20.8. The first-order valence-corrected chi connectivity index (χ1v) is 16.6. The monoisotopic (exact) mass is 573 g/mol. The minimum absolute atomic E-state index is 0.202. The van der Waals surface area contributed by atoms with Crippen molar-refractivity contribution in [2.45, 2.75) is 181 Å². The Morgan fingerprint density at radius 3 is 2.49 bits per heavy atom. The number of hydrogen-bond donors (Lipinski definition) is 2. The molecular weight excluding hydrogens is 512 g/mol. The summed E-state index contributed by atoms with van der Waals surface area (Å²) in [4.78, 5) is 10.9. The first-order valence-electron chi connectivity index (χ1n) is 16.6. The van der Waals surface area contributed by atoms with Crippen molar-refractivity contribution in [1.82, 2.24) is 0 Å². The molecule has 0 aromatic heterocycles. The van der Waals surface area contributed by atoms with E-state index in [4.69, 9.17) is 4.74 Å². The Labute approximate surface area is 251 Å². The van der Waals surface area contributed by atoms with E-state index in [0.29, 0.717) is 25.7 Å². The maximum Gasteiger partial charge on any atom is 0.111 e. The third-order valence-corrected chi connectivity index (χ3v) is 9.95. The summed E-state index contributed by atoms with van der Waals surface area (Å²) in [7, 11) is 0. The molecule has 1 heterocycles. The summed E-state index contributed by atoms with van der Waals surface area (Å²) < 4.78 is 7.16. The number of hydrogen-bond acceptors (Lipinski definition) is 5. The Kier molecular flexibility index (Phi) is 14.3. The molecule has 5 nitrogen and oxygen atoms in total. The quantitative estimate of drug-likeness (QED) is 0.121. The first-order chi connectivity index (χ1) is 19.3. The molecule has 2 rings (SSSR count). The Balaban J connectivity index is 1.91. The lowest BCUT2D eigenvalue weighted by molar-refractivity contribution is -0.311. The summed E-state index contributed by atoms with van der Waals surface area (Å²) in [5, 5.41) is 32.3. The number of aliphatic hydroxyl groups is 2. The molecule has 0 radical (unpaired) electrons. The van der Waals surface area contributed by atoms with Crippen molar-refractivity contribution in [1.29, 1.82) is 0 Å². The summed E-state index contributed by atoms with van der Waals surface area (Å²) in [6, 6.07) is 0. The molecule has 2 aliphatic rings. The highest BCUT2D eigenvalue weighted by atomic mass is 16.5. The Morgan fingerprint density at radius 1 is 1.15 bits per heavy atom. The number of carbonyl (C=O) groups excluding carboxylic acids is 1. The van der Waals surface area contributed by atoms with E-state index in [1.54, 1.807) is 6.92 Å². The Hall–Kier alpha value is -1.43. The fourth-order valence-corrected chi connectivity index (χ4v) is 6.76. The van der Waals surface area contributed by atoms with Gasteiger partial charge in [0.1, 0.15) is 5.60 Å². The standard InChI is InChI=1S/C36H62O5/c1-8-9-10-11-12-13-24-36-30(5)29(4)32(37)26-31(36)20-25-35(7,41-36)23-15-18-27(2)17-14-21-34(6,40)22-16-19-28(3)33(38)39/h18,26,28,32,37,40H,8-17,19-25H2,1-7H3,(H,38,39)/p-1/b27-18+. The van der Waals surface area contributed by atoms with Gasteiger partial charge in [-0.15, -0.1) is 0 Å². The summed E-state index contributed by atoms with van der Waals surface area (Å²) in [5.74, 6) is -1.48. The number of carbonyl (C=O) groups is 1. The van der Waals surface area contributed by atoms with E-state index in [-0.39, 0.29) is 11.2 Å². The van der Waals surface area contributed by atoms with Crippen LogP contribution in [0.4, 0.5) is 0 Å². The number of allylic oxidation sites excluding steroid dienone is 2. The van der Waals surface area contributed by atoms with Gasteiger partial charge in [0.15, 0.2) is 0 Å². The average Bonchev–Trinajstić information content (AvgIpc) is 2.90. The number of ether oxygens (including phenoxy) is 1. The van der Waals surface area contributed by atoms with Crippen molar-refractivity contribution in [3.8, 4) is 0 Å². The molecule has 2 N–H and O–H groups in total. The smallest absolute Gasteiger partial charge is 0.111 e. The van der Waals surface area contributed by atoms with Crippen molar-refractivity contribution >= 4 is 5.97 Å². The van der Waals surface area contributed by atoms with Crippen LogP contribution in [0.25, 0.3) is 0 Å². The molecule has 0 bridgehead atoms. The molecule has 1 saturated heterocycles. The van der Waals surface area contributed by atoms with E-state index in [1.807, 2.05) is 6.92 Å². The summed E-state index contributed by atoms with van der Waals surface area (Å²) in [5.41, 5.74) is 3.56. The van der Waals surface area contributed by atoms with Crippen molar-refractivity contribution in [3.05, 3.63) is 34.4 Å². The minimum atomic E-state index is -1.01. The van der Waals surface area contributed by atoms with Gasteiger partial charge in [-0.25, -0.2) is 0 Å². The highest BCUT2D eigenvalue weighted by Gasteiger charge is 2.49. The van der Waals surface area contributed by atoms with E-state index in [1.165, 1.54) is 48.8 Å². The second-order valence-corrected chi connectivity index (χ2v) is 13.9. The number of unbranched alkanes of at least 4 members (excludes halogenated alkanes) is 5. The van der Waals surface area contributed by atoms with Crippen molar-refractivity contribution < 1.29 is 24.9 Å². The molecule has 0 saturated carbocycles. The Bertz CT molecular complexity index is 928. The van der Waals surface area contributed by atoms with Gasteiger partial charge in [0, 0.05) is 5.97 Å². The fourth-order valence-electron chi connectivity index (χ4n) is 6.76. The number of fused-ring (bicyclic) bond motifs is 1. The van der Waals surface area contributed by atoms with Crippen LogP contribution >= 0.6 is 0 Å². The van der Waals surface area contributed by atoms with E-state index in [9.17, 15) is 20.1 Å². The molecule has 1 fully saturated rings. The van der Waals surface area contributed by atoms with Gasteiger partial charge in [-0.1, -0.05) is 57.6 Å². The number of rotatable bonds is 19. The molecule has 5 atom stereocenters. The zero-order valence-corrected chi connectivity index (χ0v) is 27.4. The largest absolute Gasteiger partial charge is 0.550 e. The van der Waals surface area contributed by atoms with Crippen LogP contribution in [0.1, 0.15) is 158 Å². The van der Waals surface area contributed by atoms with Crippen LogP contribution in [0, 0.1) is 5.92 Å². The van der Waals surface area contributed by atoms with Gasteiger partial charge in [-0.3, -0.25) is 0 Å². The van der Waals surface area contributed by atoms with E-state index < -0.39 is 23.6 Å². The molecule has 236 valence electrons. The lowest BCUT2D eigenvalue weighted by atomic mass is 9.69. The summed E-state index contributed by atoms with van der Waals surface area (Å²) >= 11 is 0. The maximum absolute atomic E-state index is 10.9. The molecule has 0 aromatic carbocycles. The highest BCUT2D eigenvalue weighted by molar-refractivity contribution is 5.66. The molecule has 5 unspecified atom stereocenters. The van der Waals surface area contributed by atoms with Crippen LogP contribution in [0.5, 0.6) is 0 Å². The first kappa shape index (κ1) is 35.8. The predicted molar refractivity (Wildman–Crippen MR) is 167 cm³/mol. The lowest BCUT2D eigenvalue weighted by Gasteiger charge is -2.52. The lowest BCUT2D eigenvalue weighted by Crippen LogP contribution is -2.51. The topological polar surface area (TPSA) is 89.8 Å². The number of aliphatic carboxylic acids is 1. The SMILES string of the molecule is CCCCCCCCC12OC(C)(CC/C=C(\C)CCCC(C)(O)CCCC(C)C(=O)[O-])CCC1=CC(O)C(C)=C2C. The average molecular weight is 574 g/mol. The van der Waals surface area contributed by atoms with Crippen molar-refractivity contribution in [3.63, 3.8) is 0 Å². The van der Waals surface area contributed by atoms with Crippen molar-refractivity contribution in [2.24, 2.45) is 5.92 Å². The zero-order valence-electron chi connectivity index (χ0n) is 27.4. The third-order valence-electron chi connectivity index (χ3n) is 9.95. The molecule has 1 aliphatic carbocycles. The van der Waals surface area contributed by atoms with Gasteiger partial charge < -0.3 is 24.9 Å². The minimum Gasteiger partial charge on any atom is -0.550 e. The van der Waals surface area contributed by atoms with Crippen LogP contribution in [0.2, 0.25) is 0 Å². The van der Waals surface area contributed by atoms with Gasteiger partial charge in [0.2, 0.25) is 0 Å². The Morgan fingerprint density at radius 2 is 1.80 bits per heavy atom. The normalized spacial score (nSPS) is 27.3. The van der Waals surface area contributed by atoms with Crippen LogP contribution < -0.4 is 5.11 Å². The maximum atomic E-state index is 10.9. The van der Waals surface area contributed by atoms with Crippen LogP contribution in [0.15, 0.2) is 34.4 Å². The molecule has 0 amide bonds. The molecule has 0 aromatic rings. The van der Waals surface area contributed by atoms with Gasteiger partial charge in [-0.05, 0) is 140 Å². The highest BCUT2D eigenvalue weighted by Crippen LogP contribution is 2.51. The zero-order chi connectivity index (χ0) is 30.7. The summed E-state index contributed by atoms with van der Waals surface area (Å²) in [6.45, 7) is 14.5. The number of aliphatic hydroxyl groups excluding tert-OH is 1. The third kappa shape index (κ3) is 11.0. The van der Waals surface area contributed by atoms with Gasteiger partial charge in [0.05, 0.1) is 17.3 Å². The predicted octanol–water partition coefficient (Wildman–Crippen LogP) is 7.89. The van der Waals surface area contributed by atoms with E-state index in [2.05, 4.69) is 46.8 Å². The number of carboxylic acid groups (broad SMARTS) is 1. The second-order valence-electron chi connectivity index (χ2n) is 13.9. The van der Waals surface area contributed by atoms with E-state index >= 15 is 0 Å².